The number of rotatable bonds is 6. The predicted octanol–water partition coefficient (Wildman–Crippen LogP) is 3.00. The lowest BCUT2D eigenvalue weighted by Crippen LogP contribution is -2.54. The molecular formula is C26H27FN6O3. The van der Waals surface area contributed by atoms with Crippen molar-refractivity contribution < 1.29 is 19.0 Å². The van der Waals surface area contributed by atoms with E-state index in [1.807, 2.05) is 23.5 Å². The van der Waals surface area contributed by atoms with E-state index in [1.165, 1.54) is 13.2 Å². The molecule has 0 spiro atoms. The summed E-state index contributed by atoms with van der Waals surface area (Å²) in [5, 5.41) is 15.9. The van der Waals surface area contributed by atoms with Gasteiger partial charge in [-0.25, -0.2) is 14.4 Å². The Kier molecular flexibility index (Phi) is 6.53. The van der Waals surface area contributed by atoms with E-state index in [0.29, 0.717) is 47.9 Å². The van der Waals surface area contributed by atoms with Crippen molar-refractivity contribution in [1.82, 2.24) is 24.6 Å². The molecular weight excluding hydrogens is 463 g/mol. The summed E-state index contributed by atoms with van der Waals surface area (Å²) in [6, 6.07) is 10.2. The number of halogens is 1. The van der Waals surface area contributed by atoms with Gasteiger partial charge in [0.05, 0.1) is 25.6 Å². The molecule has 10 heteroatoms. The van der Waals surface area contributed by atoms with Gasteiger partial charge in [0.1, 0.15) is 0 Å². The molecule has 0 bridgehead atoms. The predicted molar refractivity (Wildman–Crippen MR) is 134 cm³/mol. The number of carbonyl (C=O) groups is 1. The number of aliphatic hydroxyl groups is 1. The first-order valence-electron chi connectivity index (χ1n) is 11.7. The van der Waals surface area contributed by atoms with Crippen molar-refractivity contribution in [3.8, 4) is 17.0 Å². The Morgan fingerprint density at radius 3 is 2.89 bits per heavy atom. The number of imidazole rings is 1. The van der Waals surface area contributed by atoms with Crippen LogP contribution in [0.3, 0.4) is 0 Å². The molecule has 2 aromatic carbocycles. The summed E-state index contributed by atoms with van der Waals surface area (Å²) < 4.78 is 21.1. The second kappa shape index (κ2) is 9.92. The smallest absolute Gasteiger partial charge is 0.254 e. The van der Waals surface area contributed by atoms with Crippen molar-refractivity contribution in [3.05, 3.63) is 71.9 Å². The molecule has 2 aromatic heterocycles. The van der Waals surface area contributed by atoms with Gasteiger partial charge >= 0.3 is 0 Å². The number of fused-ring (bicyclic) bond motifs is 1. The fraction of sp³-hybridized carbons (Fsp3) is 0.269. The Morgan fingerprint density at radius 2 is 2.14 bits per heavy atom. The van der Waals surface area contributed by atoms with E-state index in [9.17, 15) is 14.3 Å². The van der Waals surface area contributed by atoms with Gasteiger partial charge in [0.15, 0.2) is 23.0 Å². The highest BCUT2D eigenvalue weighted by atomic mass is 19.1. The van der Waals surface area contributed by atoms with Crippen LogP contribution < -0.4 is 15.4 Å². The molecule has 1 fully saturated rings. The molecule has 3 heterocycles. The van der Waals surface area contributed by atoms with Gasteiger partial charge < -0.3 is 25.4 Å². The first kappa shape index (κ1) is 23.7. The number of methoxy groups -OCH3 is 1. The van der Waals surface area contributed by atoms with Gasteiger partial charge in [-0.3, -0.25) is 9.20 Å². The number of carbonyl (C=O) groups excluding carboxylic acids is 1. The minimum atomic E-state index is -0.449. The third-order valence-corrected chi connectivity index (χ3v) is 6.36. The average Bonchev–Trinajstić information content (AvgIpc) is 3.34. The number of ether oxygens (including phenoxy) is 1. The Hall–Kier alpha value is -4.02. The molecule has 9 nitrogen and oxygen atoms in total. The average molecular weight is 491 g/mol. The van der Waals surface area contributed by atoms with Crippen molar-refractivity contribution >= 4 is 23.1 Å². The molecule has 1 atom stereocenters. The zero-order valence-electron chi connectivity index (χ0n) is 20.0. The lowest BCUT2D eigenvalue weighted by molar-refractivity contribution is 0.0671. The Balaban J connectivity index is 1.39. The van der Waals surface area contributed by atoms with Gasteiger partial charge in [-0.2, -0.15) is 0 Å². The summed E-state index contributed by atoms with van der Waals surface area (Å²) in [5.74, 6) is 0.210. The van der Waals surface area contributed by atoms with Crippen molar-refractivity contribution in [2.45, 2.75) is 13.0 Å². The molecule has 1 amide bonds. The first-order valence-corrected chi connectivity index (χ1v) is 11.7. The van der Waals surface area contributed by atoms with Gasteiger partial charge in [-0.05, 0) is 48.9 Å². The van der Waals surface area contributed by atoms with E-state index in [1.54, 1.807) is 41.7 Å². The SMILES string of the molecule is COc1ccc(-c2cnc3c(Nc4ccc(C(=O)N5CCN[C@H](CO)C5)c(C)c4)nccn23)cc1F. The quantitative estimate of drug-likeness (QED) is 0.382. The molecule has 0 aliphatic carbocycles. The summed E-state index contributed by atoms with van der Waals surface area (Å²) in [6.45, 7) is 3.61. The third kappa shape index (κ3) is 4.48. The maximum atomic E-state index is 14.3. The van der Waals surface area contributed by atoms with Gasteiger partial charge in [-0.15, -0.1) is 0 Å². The van der Waals surface area contributed by atoms with Crippen LogP contribution in [-0.4, -0.2) is 69.7 Å². The summed E-state index contributed by atoms with van der Waals surface area (Å²) in [7, 11) is 1.43. The molecule has 0 radical (unpaired) electrons. The van der Waals surface area contributed by atoms with Crippen molar-refractivity contribution in [2.75, 3.05) is 38.7 Å². The minimum Gasteiger partial charge on any atom is -0.494 e. The van der Waals surface area contributed by atoms with Crippen LogP contribution in [0.1, 0.15) is 15.9 Å². The number of amides is 1. The molecule has 186 valence electrons. The van der Waals surface area contributed by atoms with Crippen molar-refractivity contribution in [1.29, 1.82) is 0 Å². The number of nitrogens with one attached hydrogen (secondary N) is 2. The highest BCUT2D eigenvalue weighted by molar-refractivity contribution is 5.96. The molecule has 1 saturated heterocycles. The molecule has 3 N–H and O–H groups in total. The fourth-order valence-electron chi connectivity index (χ4n) is 4.47. The Morgan fingerprint density at radius 1 is 1.28 bits per heavy atom. The molecule has 0 unspecified atom stereocenters. The highest BCUT2D eigenvalue weighted by Crippen LogP contribution is 2.29. The normalized spacial score (nSPS) is 15.8. The van der Waals surface area contributed by atoms with Crippen LogP contribution in [0.25, 0.3) is 16.9 Å². The van der Waals surface area contributed by atoms with Crippen LogP contribution in [0.15, 0.2) is 55.0 Å². The van der Waals surface area contributed by atoms with Gasteiger partial charge in [0.2, 0.25) is 0 Å². The number of aromatic nitrogens is 3. The van der Waals surface area contributed by atoms with Crippen LogP contribution in [-0.2, 0) is 0 Å². The van der Waals surface area contributed by atoms with E-state index in [-0.39, 0.29) is 24.3 Å². The molecule has 36 heavy (non-hydrogen) atoms. The van der Waals surface area contributed by atoms with Gasteiger partial charge in [0.25, 0.3) is 5.91 Å². The van der Waals surface area contributed by atoms with Crippen LogP contribution in [0.4, 0.5) is 15.9 Å². The maximum Gasteiger partial charge on any atom is 0.254 e. The van der Waals surface area contributed by atoms with Gasteiger partial charge in [-0.1, -0.05) is 0 Å². The maximum absolute atomic E-state index is 14.3. The van der Waals surface area contributed by atoms with E-state index >= 15 is 0 Å². The molecule has 5 rings (SSSR count). The minimum absolute atomic E-state index is 0.00689. The standard InChI is InChI=1S/C26H27FN6O3/c1-16-11-18(4-5-20(16)26(35)32-9-7-28-19(14-32)15-34)31-24-25-30-13-22(33(25)10-8-29-24)17-3-6-23(36-2)21(27)12-17/h3-6,8,10-13,19,28,34H,7,9,14-15H2,1-2H3,(H,29,31)/t19-/m0/s1. The number of hydrogen-bond acceptors (Lipinski definition) is 7. The monoisotopic (exact) mass is 490 g/mol. The Labute approximate surface area is 207 Å². The second-order valence-corrected chi connectivity index (χ2v) is 8.70. The van der Waals surface area contributed by atoms with Gasteiger partial charge in [0, 0.05) is 54.9 Å². The third-order valence-electron chi connectivity index (χ3n) is 6.36. The van der Waals surface area contributed by atoms with E-state index in [4.69, 9.17) is 4.74 Å². The topological polar surface area (TPSA) is 104 Å². The van der Waals surface area contributed by atoms with Crippen LogP contribution in [0.5, 0.6) is 5.75 Å². The summed E-state index contributed by atoms with van der Waals surface area (Å²) in [4.78, 5) is 23.8. The van der Waals surface area contributed by atoms with Crippen LogP contribution >= 0.6 is 0 Å². The number of anilines is 2. The molecule has 0 saturated carbocycles. The van der Waals surface area contributed by atoms with Crippen LogP contribution in [0.2, 0.25) is 0 Å². The number of piperazine rings is 1. The fourth-order valence-corrected chi connectivity index (χ4v) is 4.47. The van der Waals surface area contributed by atoms with E-state index < -0.39 is 5.82 Å². The van der Waals surface area contributed by atoms with E-state index in [0.717, 1.165) is 11.3 Å². The summed E-state index contributed by atoms with van der Waals surface area (Å²) in [5.41, 5.74) is 4.17. The largest absolute Gasteiger partial charge is 0.494 e. The van der Waals surface area contributed by atoms with E-state index in [2.05, 4.69) is 20.6 Å². The first-order chi connectivity index (χ1) is 17.5. The molecule has 1 aliphatic heterocycles. The zero-order valence-corrected chi connectivity index (χ0v) is 20.0. The molecule has 1 aliphatic rings. The summed E-state index contributed by atoms with van der Waals surface area (Å²) >= 11 is 0. The zero-order chi connectivity index (χ0) is 25.2. The van der Waals surface area contributed by atoms with Crippen LogP contribution in [0, 0.1) is 12.7 Å². The number of nitrogens with zero attached hydrogens (tertiary/aromatic N) is 4. The second-order valence-electron chi connectivity index (χ2n) is 8.70. The Bertz CT molecular complexity index is 1420. The number of benzene rings is 2. The lowest BCUT2D eigenvalue weighted by atomic mass is 10.1. The number of aliphatic hydroxyl groups excluding tert-OH is 1. The summed E-state index contributed by atoms with van der Waals surface area (Å²) in [6.07, 6.45) is 5.09. The lowest BCUT2D eigenvalue weighted by Gasteiger charge is -2.33. The number of hydrogen-bond donors (Lipinski definition) is 3. The van der Waals surface area contributed by atoms with Crippen molar-refractivity contribution in [3.63, 3.8) is 0 Å². The van der Waals surface area contributed by atoms with Crippen molar-refractivity contribution in [2.24, 2.45) is 0 Å². The number of aryl methyl sites for hydroxylation is 1. The highest BCUT2D eigenvalue weighted by Gasteiger charge is 2.24. The molecule has 4 aromatic rings.